The van der Waals surface area contributed by atoms with Gasteiger partial charge in [0.15, 0.2) is 5.13 Å². The molecule has 0 radical (unpaired) electrons. The summed E-state index contributed by atoms with van der Waals surface area (Å²) in [7, 11) is 1.59. The molecule has 0 spiro atoms. The normalized spacial score (nSPS) is 10.4. The molecule has 3 aromatic rings. The van der Waals surface area contributed by atoms with Crippen LogP contribution >= 0.6 is 34.7 Å². The van der Waals surface area contributed by atoms with E-state index in [1.807, 2.05) is 5.38 Å². The lowest BCUT2D eigenvalue weighted by Crippen LogP contribution is -2.14. The molecule has 0 bridgehead atoms. The lowest BCUT2D eigenvalue weighted by Gasteiger charge is -2.06. The van der Waals surface area contributed by atoms with Crippen molar-refractivity contribution in [2.45, 2.75) is 5.75 Å². The number of rotatable bonds is 8. The van der Waals surface area contributed by atoms with Crippen molar-refractivity contribution in [3.8, 4) is 5.75 Å². The summed E-state index contributed by atoms with van der Waals surface area (Å²) in [4.78, 5) is 28.7. The van der Waals surface area contributed by atoms with Gasteiger partial charge >= 0.3 is 0 Å². The molecular weight excluding hydrogens is 430 g/mol. The van der Waals surface area contributed by atoms with Gasteiger partial charge in [-0.15, -0.1) is 23.1 Å². The van der Waals surface area contributed by atoms with Gasteiger partial charge in [0.05, 0.1) is 29.1 Å². The van der Waals surface area contributed by atoms with E-state index in [9.17, 15) is 9.59 Å². The fraction of sp³-hybridized carbons (Fsp3) is 0.150. The highest BCUT2D eigenvalue weighted by Crippen LogP contribution is 2.22. The van der Waals surface area contributed by atoms with Crippen molar-refractivity contribution in [3.05, 3.63) is 70.2 Å². The first-order valence-corrected chi connectivity index (χ1v) is 11.0. The van der Waals surface area contributed by atoms with Gasteiger partial charge in [0, 0.05) is 16.8 Å². The Hall–Kier alpha value is -2.55. The van der Waals surface area contributed by atoms with Crippen LogP contribution in [0, 0.1) is 0 Å². The Morgan fingerprint density at radius 1 is 1.14 bits per heavy atom. The number of aromatic nitrogens is 1. The number of methoxy groups -OCH3 is 1. The molecule has 29 heavy (non-hydrogen) atoms. The number of halogens is 1. The third kappa shape index (κ3) is 6.22. The Morgan fingerprint density at radius 2 is 1.90 bits per heavy atom. The Labute approximate surface area is 181 Å². The van der Waals surface area contributed by atoms with Gasteiger partial charge in [0.1, 0.15) is 5.75 Å². The number of thioether (sulfide) groups is 1. The summed E-state index contributed by atoms with van der Waals surface area (Å²) in [6.45, 7) is 0. The summed E-state index contributed by atoms with van der Waals surface area (Å²) in [5.74, 6) is 1.20. The topological polar surface area (TPSA) is 80.3 Å². The minimum Gasteiger partial charge on any atom is -0.497 e. The zero-order valence-corrected chi connectivity index (χ0v) is 17.9. The van der Waals surface area contributed by atoms with E-state index in [0.717, 1.165) is 17.1 Å². The summed E-state index contributed by atoms with van der Waals surface area (Å²) in [5, 5.41) is 8.32. The number of nitrogens with zero attached hydrogens (tertiary/aromatic N) is 1. The van der Waals surface area contributed by atoms with Gasteiger partial charge in [-0.2, -0.15) is 0 Å². The first kappa shape index (κ1) is 21.2. The predicted octanol–water partition coefficient (Wildman–Crippen LogP) is 4.93. The van der Waals surface area contributed by atoms with Crippen molar-refractivity contribution in [2.75, 3.05) is 23.5 Å². The van der Waals surface area contributed by atoms with E-state index in [1.165, 1.54) is 23.1 Å². The molecule has 0 unspecified atom stereocenters. The molecule has 1 aromatic heterocycles. The van der Waals surface area contributed by atoms with Crippen LogP contribution in [0.15, 0.2) is 53.9 Å². The number of amides is 2. The van der Waals surface area contributed by atoms with E-state index in [-0.39, 0.29) is 11.8 Å². The van der Waals surface area contributed by atoms with E-state index in [0.29, 0.717) is 27.2 Å². The number of carbonyl (C=O) groups excluding carboxylic acids is 2. The summed E-state index contributed by atoms with van der Waals surface area (Å²) in [5.41, 5.74) is 1.91. The van der Waals surface area contributed by atoms with E-state index >= 15 is 0 Å². The van der Waals surface area contributed by atoms with Crippen LogP contribution in [0.5, 0.6) is 5.75 Å². The summed E-state index contributed by atoms with van der Waals surface area (Å²) < 4.78 is 5.09. The minimum atomic E-state index is -0.303. The molecular formula is C20H18ClN3O3S2. The molecule has 2 aromatic carbocycles. The van der Waals surface area contributed by atoms with Crippen LogP contribution in [-0.2, 0) is 10.5 Å². The third-order valence-electron chi connectivity index (χ3n) is 3.75. The zero-order valence-electron chi connectivity index (χ0n) is 15.5. The van der Waals surface area contributed by atoms with Crippen LogP contribution < -0.4 is 15.4 Å². The highest BCUT2D eigenvalue weighted by atomic mass is 35.5. The van der Waals surface area contributed by atoms with Gasteiger partial charge in [-0.05, 0) is 36.4 Å². The largest absolute Gasteiger partial charge is 0.497 e. The van der Waals surface area contributed by atoms with Crippen molar-refractivity contribution < 1.29 is 14.3 Å². The molecule has 150 valence electrons. The molecule has 0 saturated heterocycles. The van der Waals surface area contributed by atoms with Crippen molar-refractivity contribution in [1.82, 2.24) is 4.98 Å². The third-order valence-corrected chi connectivity index (χ3v) is 5.85. The molecule has 0 aliphatic heterocycles. The molecule has 3 rings (SSSR count). The Morgan fingerprint density at radius 3 is 2.62 bits per heavy atom. The number of hydrogen-bond acceptors (Lipinski definition) is 6. The summed E-state index contributed by atoms with van der Waals surface area (Å²) in [6, 6.07) is 14.0. The summed E-state index contributed by atoms with van der Waals surface area (Å²) >= 11 is 8.81. The average molecular weight is 448 g/mol. The number of benzene rings is 2. The van der Waals surface area contributed by atoms with Gasteiger partial charge in [-0.25, -0.2) is 4.98 Å². The van der Waals surface area contributed by atoms with Crippen molar-refractivity contribution in [2.24, 2.45) is 0 Å². The highest BCUT2D eigenvalue weighted by molar-refractivity contribution is 7.99. The van der Waals surface area contributed by atoms with Crippen molar-refractivity contribution in [3.63, 3.8) is 0 Å². The lowest BCUT2D eigenvalue weighted by molar-refractivity contribution is -0.113. The maximum absolute atomic E-state index is 12.3. The number of hydrogen-bond donors (Lipinski definition) is 2. The average Bonchev–Trinajstić information content (AvgIpc) is 3.16. The van der Waals surface area contributed by atoms with Gasteiger partial charge in [0.25, 0.3) is 5.91 Å². The fourth-order valence-electron chi connectivity index (χ4n) is 2.36. The number of anilines is 2. The Bertz CT molecular complexity index is 993. The van der Waals surface area contributed by atoms with Gasteiger partial charge in [0.2, 0.25) is 5.91 Å². The molecule has 6 nitrogen and oxygen atoms in total. The molecule has 0 atom stereocenters. The standard InChI is InChI=1S/C20H18ClN3O3S2/c1-27-15-8-6-13(7-9-15)22-18(25)12-28-10-14-11-29-20(23-14)24-19(26)16-4-2-3-5-17(16)21/h2-9,11H,10,12H2,1H3,(H,22,25)(H,23,24,26). The molecule has 2 amide bonds. The molecule has 0 saturated carbocycles. The number of thiazole rings is 1. The predicted molar refractivity (Wildman–Crippen MR) is 119 cm³/mol. The van der Waals surface area contributed by atoms with Gasteiger partial charge in [-0.3, -0.25) is 14.9 Å². The lowest BCUT2D eigenvalue weighted by atomic mass is 10.2. The monoisotopic (exact) mass is 447 g/mol. The smallest absolute Gasteiger partial charge is 0.258 e. The second-order valence-electron chi connectivity index (χ2n) is 5.85. The first-order chi connectivity index (χ1) is 14.0. The van der Waals surface area contributed by atoms with E-state index in [2.05, 4.69) is 15.6 Å². The second kappa shape index (κ2) is 10.3. The number of ether oxygens (including phenoxy) is 1. The molecule has 0 aliphatic rings. The molecule has 9 heteroatoms. The van der Waals surface area contributed by atoms with Gasteiger partial charge in [-0.1, -0.05) is 23.7 Å². The van der Waals surface area contributed by atoms with E-state index < -0.39 is 0 Å². The van der Waals surface area contributed by atoms with Crippen molar-refractivity contribution in [1.29, 1.82) is 0 Å². The van der Waals surface area contributed by atoms with E-state index in [1.54, 1.807) is 55.6 Å². The van der Waals surface area contributed by atoms with Crippen LogP contribution in [-0.4, -0.2) is 29.7 Å². The zero-order chi connectivity index (χ0) is 20.6. The molecule has 0 aliphatic carbocycles. The first-order valence-electron chi connectivity index (χ1n) is 8.57. The highest BCUT2D eigenvalue weighted by Gasteiger charge is 2.12. The van der Waals surface area contributed by atoms with Crippen LogP contribution in [0.25, 0.3) is 0 Å². The van der Waals surface area contributed by atoms with Gasteiger partial charge < -0.3 is 10.1 Å². The number of nitrogens with one attached hydrogen (secondary N) is 2. The van der Waals surface area contributed by atoms with Crippen LogP contribution in [0.1, 0.15) is 16.1 Å². The van der Waals surface area contributed by atoms with Crippen LogP contribution in [0.4, 0.5) is 10.8 Å². The molecule has 2 N–H and O–H groups in total. The number of carbonyl (C=O) groups is 2. The Balaban J connectivity index is 1.44. The summed E-state index contributed by atoms with van der Waals surface area (Å²) in [6.07, 6.45) is 0. The van der Waals surface area contributed by atoms with E-state index in [4.69, 9.17) is 16.3 Å². The fourth-order valence-corrected chi connectivity index (χ4v) is 4.11. The van der Waals surface area contributed by atoms with Crippen LogP contribution in [0.2, 0.25) is 5.02 Å². The van der Waals surface area contributed by atoms with Crippen LogP contribution in [0.3, 0.4) is 0 Å². The molecule has 0 fully saturated rings. The second-order valence-corrected chi connectivity index (χ2v) is 8.10. The quantitative estimate of drug-likeness (QED) is 0.511. The maximum Gasteiger partial charge on any atom is 0.258 e. The SMILES string of the molecule is COc1ccc(NC(=O)CSCc2csc(NC(=O)c3ccccc3Cl)n2)cc1. The molecule has 1 heterocycles. The maximum atomic E-state index is 12.3. The Kier molecular flexibility index (Phi) is 7.51. The minimum absolute atomic E-state index is 0.0948. The van der Waals surface area contributed by atoms with Crippen molar-refractivity contribution >= 4 is 57.3 Å².